The number of amides is 2. The van der Waals surface area contributed by atoms with E-state index in [0.29, 0.717) is 19.4 Å². The summed E-state index contributed by atoms with van der Waals surface area (Å²) in [5, 5.41) is 5.06. The Labute approximate surface area is 157 Å². The van der Waals surface area contributed by atoms with Gasteiger partial charge < -0.3 is 20.1 Å². The van der Waals surface area contributed by atoms with E-state index < -0.39 is 35.6 Å². The fourth-order valence-electron chi connectivity index (χ4n) is 2.16. The second-order valence-electron chi connectivity index (χ2n) is 6.82. The van der Waals surface area contributed by atoms with E-state index in [0.717, 1.165) is 0 Å². The van der Waals surface area contributed by atoms with Crippen molar-refractivity contribution in [2.45, 2.75) is 51.7 Å². The Morgan fingerprint density at radius 3 is 2.56 bits per heavy atom. The molecule has 0 aliphatic rings. The van der Waals surface area contributed by atoms with Crippen LogP contribution in [-0.2, 0) is 14.3 Å². The molecule has 27 heavy (non-hydrogen) atoms. The Morgan fingerprint density at radius 2 is 1.96 bits per heavy atom. The van der Waals surface area contributed by atoms with Gasteiger partial charge in [-0.25, -0.2) is 14.6 Å². The van der Waals surface area contributed by atoms with Crippen LogP contribution in [0.25, 0.3) is 0 Å². The Kier molecular flexibility index (Phi) is 8.64. The van der Waals surface area contributed by atoms with Crippen LogP contribution in [-0.4, -0.2) is 48.3 Å². The zero-order valence-electron chi connectivity index (χ0n) is 16.0. The average molecular weight is 383 g/mol. The number of pyridine rings is 1. The smallest absolute Gasteiger partial charge is 0.407 e. The van der Waals surface area contributed by atoms with Gasteiger partial charge in [0.2, 0.25) is 5.95 Å². The van der Waals surface area contributed by atoms with Crippen LogP contribution in [0.2, 0.25) is 0 Å². The Bertz CT molecular complexity index is 661. The lowest BCUT2D eigenvalue weighted by Gasteiger charge is -2.20. The molecule has 0 fully saturated rings. The van der Waals surface area contributed by atoms with Crippen molar-refractivity contribution in [1.29, 1.82) is 0 Å². The van der Waals surface area contributed by atoms with Crippen LogP contribution in [0.5, 0.6) is 0 Å². The SMILES string of the molecule is COC(=O)[C@H](CCCCNC(=O)OC(C)(C)C)NC(=O)c1cccnc1F. The molecule has 8 nitrogen and oxygen atoms in total. The zero-order valence-corrected chi connectivity index (χ0v) is 16.0. The van der Waals surface area contributed by atoms with Crippen molar-refractivity contribution >= 4 is 18.0 Å². The van der Waals surface area contributed by atoms with Crippen molar-refractivity contribution in [3.8, 4) is 0 Å². The van der Waals surface area contributed by atoms with E-state index in [9.17, 15) is 18.8 Å². The molecule has 0 saturated heterocycles. The summed E-state index contributed by atoms with van der Waals surface area (Å²) < 4.78 is 23.4. The number of carbonyl (C=O) groups excluding carboxylic acids is 3. The Hall–Kier alpha value is -2.71. The molecule has 1 aromatic rings. The summed E-state index contributed by atoms with van der Waals surface area (Å²) in [7, 11) is 1.20. The largest absolute Gasteiger partial charge is 0.467 e. The van der Waals surface area contributed by atoms with E-state index in [-0.39, 0.29) is 12.0 Å². The first kappa shape index (κ1) is 22.3. The van der Waals surface area contributed by atoms with Gasteiger partial charge in [-0.1, -0.05) is 0 Å². The van der Waals surface area contributed by atoms with Crippen LogP contribution >= 0.6 is 0 Å². The molecule has 150 valence electrons. The first-order valence-corrected chi connectivity index (χ1v) is 8.60. The van der Waals surface area contributed by atoms with Gasteiger partial charge >= 0.3 is 12.1 Å². The molecule has 0 aliphatic heterocycles. The van der Waals surface area contributed by atoms with E-state index in [1.807, 2.05) is 0 Å². The van der Waals surface area contributed by atoms with Crippen molar-refractivity contribution in [3.63, 3.8) is 0 Å². The number of rotatable bonds is 8. The number of halogens is 1. The number of carbonyl (C=O) groups is 3. The molecule has 1 heterocycles. The highest BCUT2D eigenvalue weighted by atomic mass is 19.1. The fourth-order valence-corrected chi connectivity index (χ4v) is 2.16. The van der Waals surface area contributed by atoms with Gasteiger partial charge in [0.25, 0.3) is 5.91 Å². The summed E-state index contributed by atoms with van der Waals surface area (Å²) in [6, 6.07) is 1.77. The maximum atomic E-state index is 13.6. The minimum absolute atomic E-state index is 0.252. The Morgan fingerprint density at radius 1 is 1.26 bits per heavy atom. The number of alkyl carbamates (subject to hydrolysis) is 1. The number of methoxy groups -OCH3 is 1. The highest BCUT2D eigenvalue weighted by molar-refractivity contribution is 5.96. The molecular weight excluding hydrogens is 357 g/mol. The topological polar surface area (TPSA) is 107 Å². The standard InChI is InChI=1S/C18H26FN3O5/c1-18(2,3)27-17(25)21-10-6-5-9-13(16(24)26-4)22-15(23)12-8-7-11-20-14(12)19/h7-8,11,13H,5-6,9-10H2,1-4H3,(H,21,25)(H,22,23)/t13-/m0/s1. The number of hydrogen-bond acceptors (Lipinski definition) is 6. The number of unbranched alkanes of at least 4 members (excludes halogenated alkanes) is 1. The number of ether oxygens (including phenoxy) is 2. The molecule has 0 unspecified atom stereocenters. The lowest BCUT2D eigenvalue weighted by Crippen LogP contribution is -2.42. The van der Waals surface area contributed by atoms with Crippen LogP contribution in [0.15, 0.2) is 18.3 Å². The summed E-state index contributed by atoms with van der Waals surface area (Å²) >= 11 is 0. The van der Waals surface area contributed by atoms with Gasteiger partial charge in [0.15, 0.2) is 0 Å². The number of aromatic nitrogens is 1. The first-order chi connectivity index (χ1) is 12.6. The molecule has 1 rings (SSSR count). The van der Waals surface area contributed by atoms with Crippen molar-refractivity contribution in [3.05, 3.63) is 29.8 Å². The van der Waals surface area contributed by atoms with Gasteiger partial charge in [-0.2, -0.15) is 4.39 Å². The van der Waals surface area contributed by atoms with Crippen LogP contribution in [0.4, 0.5) is 9.18 Å². The summed E-state index contributed by atoms with van der Waals surface area (Å²) in [5.41, 5.74) is -0.829. The van der Waals surface area contributed by atoms with E-state index in [1.54, 1.807) is 20.8 Å². The normalized spacial score (nSPS) is 12.0. The average Bonchev–Trinajstić information content (AvgIpc) is 2.58. The highest BCUT2D eigenvalue weighted by Gasteiger charge is 2.23. The molecule has 0 saturated carbocycles. The molecule has 9 heteroatoms. The molecule has 0 radical (unpaired) electrons. The third-order valence-corrected chi connectivity index (χ3v) is 3.38. The summed E-state index contributed by atoms with van der Waals surface area (Å²) in [5.74, 6) is -2.30. The first-order valence-electron chi connectivity index (χ1n) is 8.60. The van der Waals surface area contributed by atoms with Gasteiger partial charge in [-0.3, -0.25) is 4.79 Å². The fraction of sp³-hybridized carbons (Fsp3) is 0.556. The maximum Gasteiger partial charge on any atom is 0.407 e. The van der Waals surface area contributed by atoms with Crippen LogP contribution in [0.3, 0.4) is 0 Å². The number of esters is 1. The molecule has 1 atom stereocenters. The third-order valence-electron chi connectivity index (χ3n) is 3.38. The summed E-state index contributed by atoms with van der Waals surface area (Å²) in [4.78, 5) is 38.9. The molecule has 1 aromatic heterocycles. The van der Waals surface area contributed by atoms with E-state index in [2.05, 4.69) is 20.4 Å². The Balaban J connectivity index is 2.47. The predicted octanol–water partition coefficient (Wildman–Crippen LogP) is 2.19. The molecular formula is C18H26FN3O5. The number of nitrogens with zero attached hydrogens (tertiary/aromatic N) is 1. The van der Waals surface area contributed by atoms with Gasteiger partial charge in [0.1, 0.15) is 11.6 Å². The van der Waals surface area contributed by atoms with E-state index >= 15 is 0 Å². The van der Waals surface area contributed by atoms with Gasteiger partial charge in [-0.05, 0) is 52.2 Å². The minimum Gasteiger partial charge on any atom is -0.467 e. The molecule has 2 amide bonds. The molecule has 0 aliphatic carbocycles. The zero-order chi connectivity index (χ0) is 20.4. The number of nitrogens with one attached hydrogen (secondary N) is 2. The van der Waals surface area contributed by atoms with Gasteiger partial charge in [0.05, 0.1) is 12.7 Å². The molecule has 0 bridgehead atoms. The lowest BCUT2D eigenvalue weighted by atomic mass is 10.1. The third kappa shape index (κ3) is 8.48. The van der Waals surface area contributed by atoms with Crippen molar-refractivity contribution in [1.82, 2.24) is 15.6 Å². The van der Waals surface area contributed by atoms with Crippen LogP contribution in [0, 0.1) is 5.95 Å². The van der Waals surface area contributed by atoms with Crippen LogP contribution in [0.1, 0.15) is 50.4 Å². The van der Waals surface area contributed by atoms with E-state index in [4.69, 9.17) is 4.74 Å². The molecule has 0 aromatic carbocycles. The van der Waals surface area contributed by atoms with Gasteiger partial charge in [-0.15, -0.1) is 0 Å². The predicted molar refractivity (Wildman–Crippen MR) is 95.6 cm³/mol. The maximum absolute atomic E-state index is 13.6. The number of hydrogen-bond donors (Lipinski definition) is 2. The second kappa shape index (κ2) is 10.4. The van der Waals surface area contributed by atoms with Crippen molar-refractivity contribution in [2.75, 3.05) is 13.7 Å². The second-order valence-corrected chi connectivity index (χ2v) is 6.82. The van der Waals surface area contributed by atoms with E-state index in [1.165, 1.54) is 25.4 Å². The monoisotopic (exact) mass is 383 g/mol. The summed E-state index contributed by atoms with van der Waals surface area (Å²) in [6.45, 7) is 5.65. The molecule has 0 spiro atoms. The van der Waals surface area contributed by atoms with Crippen molar-refractivity contribution < 1.29 is 28.2 Å². The molecule has 2 N–H and O–H groups in total. The highest BCUT2D eigenvalue weighted by Crippen LogP contribution is 2.08. The van der Waals surface area contributed by atoms with Crippen molar-refractivity contribution in [2.24, 2.45) is 0 Å². The minimum atomic E-state index is -0.927. The van der Waals surface area contributed by atoms with Crippen LogP contribution < -0.4 is 10.6 Å². The lowest BCUT2D eigenvalue weighted by molar-refractivity contribution is -0.143. The van der Waals surface area contributed by atoms with Gasteiger partial charge in [0, 0.05) is 12.7 Å². The quantitative estimate of drug-likeness (QED) is 0.405. The summed E-state index contributed by atoms with van der Waals surface area (Å²) in [6.07, 6.45) is 2.06.